The molecule has 0 radical (unpaired) electrons. The highest BCUT2D eigenvalue weighted by atomic mass is 16.2. The predicted octanol–water partition coefficient (Wildman–Crippen LogP) is 1.69. The lowest BCUT2D eigenvalue weighted by Crippen LogP contribution is -2.31. The van der Waals surface area contributed by atoms with Crippen LogP contribution in [-0.4, -0.2) is 23.3 Å². The molecule has 0 saturated carbocycles. The van der Waals surface area contributed by atoms with Crippen molar-refractivity contribution in [3.8, 4) is 0 Å². The summed E-state index contributed by atoms with van der Waals surface area (Å²) in [5.74, 6) is -0.0582. The van der Waals surface area contributed by atoms with Crippen LogP contribution in [0.4, 0.5) is 0 Å². The number of hydrogen-bond donors (Lipinski definition) is 0. The number of nitrogens with zero attached hydrogens (tertiary/aromatic N) is 1. The third-order valence-electron chi connectivity index (χ3n) is 3.02. The molecular weight excluding hydrogens is 202 g/mol. The van der Waals surface area contributed by atoms with E-state index in [0.717, 1.165) is 6.42 Å². The second kappa shape index (κ2) is 4.47. The molecule has 84 valence electrons. The summed E-state index contributed by atoms with van der Waals surface area (Å²) in [6.07, 6.45) is 1.52. The number of hydrogen-bond acceptors (Lipinski definition) is 2. The number of aryl methyl sites for hydroxylation is 1. The Morgan fingerprint density at radius 2 is 1.75 bits per heavy atom. The van der Waals surface area contributed by atoms with Crippen molar-refractivity contribution in [3.05, 3.63) is 35.4 Å². The second-order valence-corrected chi connectivity index (χ2v) is 4.12. The Balaban J connectivity index is 2.00. The smallest absolute Gasteiger partial charge is 0.229 e. The molecule has 0 bridgehead atoms. The van der Waals surface area contributed by atoms with E-state index in [-0.39, 0.29) is 11.8 Å². The monoisotopic (exact) mass is 217 g/mol. The summed E-state index contributed by atoms with van der Waals surface area (Å²) >= 11 is 0. The van der Waals surface area contributed by atoms with Crippen molar-refractivity contribution >= 4 is 11.8 Å². The summed E-state index contributed by atoms with van der Waals surface area (Å²) in [6, 6.07) is 8.06. The van der Waals surface area contributed by atoms with E-state index < -0.39 is 0 Å². The van der Waals surface area contributed by atoms with Crippen molar-refractivity contribution in [2.75, 3.05) is 6.54 Å². The van der Waals surface area contributed by atoms with Crippen LogP contribution in [0.5, 0.6) is 0 Å². The maximum atomic E-state index is 11.4. The van der Waals surface area contributed by atoms with Crippen LogP contribution < -0.4 is 0 Å². The van der Waals surface area contributed by atoms with Gasteiger partial charge < -0.3 is 0 Å². The number of rotatable bonds is 3. The molecule has 1 aliphatic heterocycles. The molecule has 1 aliphatic rings. The minimum Gasteiger partial charge on any atom is -0.282 e. The van der Waals surface area contributed by atoms with Gasteiger partial charge in [-0.15, -0.1) is 0 Å². The van der Waals surface area contributed by atoms with Gasteiger partial charge in [0.1, 0.15) is 0 Å². The van der Waals surface area contributed by atoms with Crippen LogP contribution in [0.25, 0.3) is 0 Å². The van der Waals surface area contributed by atoms with Gasteiger partial charge in [-0.2, -0.15) is 0 Å². The quantitative estimate of drug-likeness (QED) is 0.722. The number of amides is 2. The van der Waals surface area contributed by atoms with E-state index >= 15 is 0 Å². The van der Waals surface area contributed by atoms with E-state index in [1.165, 1.54) is 16.0 Å². The van der Waals surface area contributed by atoms with Gasteiger partial charge in [-0.3, -0.25) is 14.5 Å². The molecule has 3 heteroatoms. The van der Waals surface area contributed by atoms with Crippen molar-refractivity contribution in [2.45, 2.75) is 26.2 Å². The second-order valence-electron chi connectivity index (χ2n) is 4.12. The van der Waals surface area contributed by atoms with Crippen LogP contribution in [-0.2, 0) is 16.0 Å². The van der Waals surface area contributed by atoms with E-state index in [2.05, 4.69) is 0 Å². The van der Waals surface area contributed by atoms with Crippen LogP contribution in [0, 0.1) is 6.92 Å². The lowest BCUT2D eigenvalue weighted by molar-refractivity contribution is -0.138. The molecule has 16 heavy (non-hydrogen) atoms. The number of carbonyl (C=O) groups is 2. The van der Waals surface area contributed by atoms with Crippen LogP contribution in [0.3, 0.4) is 0 Å². The Kier molecular flexibility index (Phi) is 3.04. The number of benzene rings is 1. The molecule has 2 rings (SSSR count). The Labute approximate surface area is 95.1 Å². The highest BCUT2D eigenvalue weighted by Gasteiger charge is 2.28. The largest absolute Gasteiger partial charge is 0.282 e. The maximum absolute atomic E-state index is 11.4. The van der Waals surface area contributed by atoms with E-state index in [4.69, 9.17) is 0 Å². The van der Waals surface area contributed by atoms with Gasteiger partial charge in [-0.1, -0.05) is 24.3 Å². The first-order valence-electron chi connectivity index (χ1n) is 5.56. The number of carbonyl (C=O) groups excluding carboxylic acids is 2. The van der Waals surface area contributed by atoms with Crippen molar-refractivity contribution in [1.82, 2.24) is 4.90 Å². The lowest BCUT2D eigenvalue weighted by atomic mass is 10.1. The third kappa shape index (κ3) is 2.13. The van der Waals surface area contributed by atoms with Crippen LogP contribution in [0.2, 0.25) is 0 Å². The Bertz CT molecular complexity index is 410. The lowest BCUT2D eigenvalue weighted by Gasteiger charge is -2.14. The van der Waals surface area contributed by atoms with Gasteiger partial charge in [0.15, 0.2) is 0 Å². The van der Waals surface area contributed by atoms with Gasteiger partial charge >= 0.3 is 0 Å². The molecule has 0 unspecified atom stereocenters. The Morgan fingerprint density at radius 3 is 2.38 bits per heavy atom. The van der Waals surface area contributed by atoms with Crippen LogP contribution in [0.1, 0.15) is 24.0 Å². The zero-order valence-corrected chi connectivity index (χ0v) is 9.40. The zero-order valence-electron chi connectivity index (χ0n) is 9.40. The Morgan fingerprint density at radius 1 is 1.12 bits per heavy atom. The summed E-state index contributed by atoms with van der Waals surface area (Å²) < 4.78 is 0. The van der Waals surface area contributed by atoms with Crippen molar-refractivity contribution in [1.29, 1.82) is 0 Å². The average Bonchev–Trinajstić information content (AvgIpc) is 2.58. The third-order valence-corrected chi connectivity index (χ3v) is 3.02. The van der Waals surface area contributed by atoms with Crippen molar-refractivity contribution in [2.24, 2.45) is 0 Å². The SMILES string of the molecule is Cc1ccccc1CCN1C(=O)CCC1=O. The minimum absolute atomic E-state index is 0.0291. The highest BCUT2D eigenvalue weighted by Crippen LogP contribution is 2.14. The molecule has 3 nitrogen and oxygen atoms in total. The minimum atomic E-state index is -0.0291. The molecule has 1 aromatic carbocycles. The summed E-state index contributed by atoms with van der Waals surface area (Å²) in [7, 11) is 0. The van der Waals surface area contributed by atoms with E-state index in [1.54, 1.807) is 0 Å². The first-order chi connectivity index (χ1) is 7.68. The molecule has 2 amide bonds. The standard InChI is InChI=1S/C13H15NO2/c1-10-4-2-3-5-11(10)8-9-14-12(15)6-7-13(14)16/h2-5H,6-9H2,1H3. The number of likely N-dealkylation sites (tertiary alicyclic amines) is 1. The molecule has 0 atom stereocenters. The molecule has 0 aromatic heterocycles. The highest BCUT2D eigenvalue weighted by molar-refractivity contribution is 6.01. The van der Waals surface area contributed by atoms with E-state index in [9.17, 15) is 9.59 Å². The maximum Gasteiger partial charge on any atom is 0.229 e. The first-order valence-corrected chi connectivity index (χ1v) is 5.56. The first kappa shape index (κ1) is 10.9. The molecule has 0 aliphatic carbocycles. The Hall–Kier alpha value is -1.64. The van der Waals surface area contributed by atoms with E-state index in [0.29, 0.717) is 19.4 Å². The summed E-state index contributed by atoms with van der Waals surface area (Å²) in [4.78, 5) is 24.2. The van der Waals surface area contributed by atoms with Gasteiger partial charge in [0.2, 0.25) is 11.8 Å². The summed E-state index contributed by atoms with van der Waals surface area (Å²) in [5, 5.41) is 0. The molecule has 1 heterocycles. The van der Waals surface area contributed by atoms with E-state index in [1.807, 2.05) is 31.2 Å². The van der Waals surface area contributed by atoms with Crippen molar-refractivity contribution < 1.29 is 9.59 Å². The normalized spacial score (nSPS) is 15.9. The molecular formula is C13H15NO2. The topological polar surface area (TPSA) is 37.4 Å². The van der Waals surface area contributed by atoms with Gasteiger partial charge in [0.05, 0.1) is 0 Å². The number of imide groups is 1. The fourth-order valence-electron chi connectivity index (χ4n) is 2.00. The summed E-state index contributed by atoms with van der Waals surface area (Å²) in [5.41, 5.74) is 2.41. The molecule has 1 saturated heterocycles. The average molecular weight is 217 g/mol. The predicted molar refractivity (Wildman–Crippen MR) is 60.8 cm³/mol. The van der Waals surface area contributed by atoms with Crippen molar-refractivity contribution in [3.63, 3.8) is 0 Å². The molecule has 0 N–H and O–H groups in total. The molecule has 1 fully saturated rings. The molecule has 0 spiro atoms. The van der Waals surface area contributed by atoms with Gasteiger partial charge in [0, 0.05) is 19.4 Å². The van der Waals surface area contributed by atoms with Crippen LogP contribution >= 0.6 is 0 Å². The van der Waals surface area contributed by atoms with Crippen LogP contribution in [0.15, 0.2) is 24.3 Å². The fourth-order valence-corrected chi connectivity index (χ4v) is 2.00. The summed E-state index contributed by atoms with van der Waals surface area (Å²) in [6.45, 7) is 2.56. The molecule has 1 aromatic rings. The van der Waals surface area contributed by atoms with Gasteiger partial charge in [0.25, 0.3) is 0 Å². The zero-order chi connectivity index (χ0) is 11.5. The fraction of sp³-hybridized carbons (Fsp3) is 0.385. The van der Waals surface area contributed by atoms with Gasteiger partial charge in [-0.25, -0.2) is 0 Å². The van der Waals surface area contributed by atoms with Gasteiger partial charge in [-0.05, 0) is 24.5 Å².